The topological polar surface area (TPSA) is 73.3 Å². The molecule has 0 N–H and O–H groups in total. The number of nitrogens with zero attached hydrogens (tertiary/aromatic N) is 4. The van der Waals surface area contributed by atoms with Crippen molar-refractivity contribution in [3.05, 3.63) is 58.5 Å². The highest BCUT2D eigenvalue weighted by Gasteiger charge is 2.14. The van der Waals surface area contributed by atoms with Crippen molar-refractivity contribution in [2.24, 2.45) is 0 Å². The van der Waals surface area contributed by atoms with Crippen molar-refractivity contribution in [3.63, 3.8) is 0 Å². The zero-order chi connectivity index (χ0) is 13.4. The average molecular weight is 254 g/mol. The first-order chi connectivity index (χ1) is 9.16. The third-order valence-corrected chi connectivity index (χ3v) is 2.98. The quantitative estimate of drug-likeness (QED) is 0.520. The van der Waals surface area contributed by atoms with Crippen LogP contribution in [0.4, 0.5) is 5.69 Å². The normalized spacial score (nSPS) is 10.8. The van der Waals surface area contributed by atoms with Crippen LogP contribution in [0.25, 0.3) is 16.8 Å². The maximum absolute atomic E-state index is 11.0. The summed E-state index contributed by atoms with van der Waals surface area (Å²) in [5.41, 5.74) is 2.16. The first-order valence-electron chi connectivity index (χ1n) is 5.72. The second-order valence-electron chi connectivity index (χ2n) is 4.17. The van der Waals surface area contributed by atoms with Gasteiger partial charge in [-0.25, -0.2) is 0 Å². The lowest BCUT2D eigenvalue weighted by Crippen LogP contribution is -1.94. The van der Waals surface area contributed by atoms with Gasteiger partial charge in [-0.1, -0.05) is 12.1 Å². The van der Waals surface area contributed by atoms with Crippen LogP contribution in [0.15, 0.2) is 42.6 Å². The molecule has 0 radical (unpaired) electrons. The molecule has 0 unspecified atom stereocenters. The Morgan fingerprint density at radius 2 is 1.95 bits per heavy atom. The molecule has 0 aliphatic carbocycles. The minimum Gasteiger partial charge on any atom is -0.286 e. The van der Waals surface area contributed by atoms with Gasteiger partial charge in [0.15, 0.2) is 5.65 Å². The number of pyridine rings is 1. The molecular weight excluding hydrogens is 244 g/mol. The lowest BCUT2D eigenvalue weighted by molar-refractivity contribution is -0.384. The van der Waals surface area contributed by atoms with E-state index in [1.54, 1.807) is 24.3 Å². The number of para-hydroxylation sites is 1. The van der Waals surface area contributed by atoms with Gasteiger partial charge in [-0.2, -0.15) is 0 Å². The average Bonchev–Trinajstić information content (AvgIpc) is 2.80. The van der Waals surface area contributed by atoms with E-state index in [4.69, 9.17) is 0 Å². The fourth-order valence-electron chi connectivity index (χ4n) is 2.04. The zero-order valence-electron chi connectivity index (χ0n) is 10.1. The van der Waals surface area contributed by atoms with E-state index >= 15 is 0 Å². The molecule has 0 saturated heterocycles. The van der Waals surface area contributed by atoms with E-state index in [1.807, 2.05) is 23.6 Å². The molecular formula is C13H10N4O2. The van der Waals surface area contributed by atoms with Crippen molar-refractivity contribution in [1.82, 2.24) is 14.6 Å². The second kappa shape index (κ2) is 4.16. The molecule has 3 aromatic rings. The van der Waals surface area contributed by atoms with Gasteiger partial charge in [0.05, 0.1) is 10.5 Å². The molecule has 0 saturated carbocycles. The van der Waals surface area contributed by atoms with Crippen LogP contribution in [0.3, 0.4) is 0 Å². The molecule has 1 aromatic carbocycles. The first kappa shape index (κ1) is 11.3. The van der Waals surface area contributed by atoms with E-state index in [0.717, 1.165) is 17.0 Å². The highest BCUT2D eigenvalue weighted by atomic mass is 16.6. The number of rotatable bonds is 2. The van der Waals surface area contributed by atoms with E-state index in [-0.39, 0.29) is 10.6 Å². The Kier molecular flexibility index (Phi) is 2.49. The summed E-state index contributed by atoms with van der Waals surface area (Å²) in [7, 11) is 0. The van der Waals surface area contributed by atoms with E-state index in [2.05, 4.69) is 10.2 Å². The number of fused-ring (bicyclic) bond motifs is 1. The zero-order valence-corrected chi connectivity index (χ0v) is 10.1. The van der Waals surface area contributed by atoms with E-state index in [1.165, 1.54) is 6.07 Å². The summed E-state index contributed by atoms with van der Waals surface area (Å²) in [6.45, 7) is 1.84. The van der Waals surface area contributed by atoms with Crippen LogP contribution < -0.4 is 0 Å². The minimum atomic E-state index is -0.376. The second-order valence-corrected chi connectivity index (χ2v) is 4.17. The predicted molar refractivity (Wildman–Crippen MR) is 69.8 cm³/mol. The van der Waals surface area contributed by atoms with Crippen LogP contribution in [0.5, 0.6) is 0 Å². The molecule has 3 rings (SSSR count). The summed E-state index contributed by atoms with van der Waals surface area (Å²) >= 11 is 0. The monoisotopic (exact) mass is 254 g/mol. The van der Waals surface area contributed by atoms with E-state index in [0.29, 0.717) is 5.56 Å². The summed E-state index contributed by atoms with van der Waals surface area (Å²) in [6, 6.07) is 10.3. The Labute approximate surface area is 108 Å². The third kappa shape index (κ3) is 1.83. The number of hydrogen-bond acceptors (Lipinski definition) is 4. The number of hydrogen-bond donors (Lipinski definition) is 0. The summed E-state index contributed by atoms with van der Waals surface area (Å²) < 4.78 is 1.81. The fourth-order valence-corrected chi connectivity index (χ4v) is 2.04. The molecule has 0 aliphatic rings. The van der Waals surface area contributed by atoms with Gasteiger partial charge in [0.1, 0.15) is 5.82 Å². The van der Waals surface area contributed by atoms with Crippen LogP contribution in [0, 0.1) is 17.0 Å². The Morgan fingerprint density at radius 1 is 1.16 bits per heavy atom. The lowest BCUT2D eigenvalue weighted by Gasteiger charge is -2.04. The summed E-state index contributed by atoms with van der Waals surface area (Å²) in [5, 5.41) is 19.0. The highest BCUT2D eigenvalue weighted by molar-refractivity contribution is 5.73. The Hall–Kier alpha value is -2.76. The van der Waals surface area contributed by atoms with Gasteiger partial charge in [-0.15, -0.1) is 10.2 Å². The lowest BCUT2D eigenvalue weighted by atomic mass is 10.1. The van der Waals surface area contributed by atoms with Gasteiger partial charge in [-0.3, -0.25) is 14.5 Å². The standard InChI is InChI=1S/C13H10N4O2/c1-9-14-15-13-7-6-10(8-16(9)13)11-4-2-3-5-12(11)17(18)19/h2-8H,1H3. The van der Waals surface area contributed by atoms with Crippen LogP contribution >= 0.6 is 0 Å². The number of nitro benzene ring substituents is 1. The van der Waals surface area contributed by atoms with Gasteiger partial charge in [0.25, 0.3) is 5.69 Å². The molecule has 2 aromatic heterocycles. The van der Waals surface area contributed by atoms with Gasteiger partial charge < -0.3 is 0 Å². The molecule has 6 heteroatoms. The molecule has 0 atom stereocenters. The molecule has 0 bridgehead atoms. The van der Waals surface area contributed by atoms with Crippen LogP contribution in [0.2, 0.25) is 0 Å². The minimum absolute atomic E-state index is 0.0903. The van der Waals surface area contributed by atoms with Crippen molar-refractivity contribution in [3.8, 4) is 11.1 Å². The number of aromatic nitrogens is 3. The maximum Gasteiger partial charge on any atom is 0.277 e. The van der Waals surface area contributed by atoms with Gasteiger partial charge in [0.2, 0.25) is 0 Å². The third-order valence-electron chi connectivity index (χ3n) is 2.98. The van der Waals surface area contributed by atoms with Crippen molar-refractivity contribution < 1.29 is 4.92 Å². The van der Waals surface area contributed by atoms with E-state index < -0.39 is 0 Å². The highest BCUT2D eigenvalue weighted by Crippen LogP contribution is 2.29. The van der Waals surface area contributed by atoms with Crippen LogP contribution in [0.1, 0.15) is 5.82 Å². The summed E-state index contributed by atoms with van der Waals surface area (Å²) in [4.78, 5) is 10.7. The van der Waals surface area contributed by atoms with Gasteiger partial charge in [-0.05, 0) is 25.1 Å². The molecule has 2 heterocycles. The maximum atomic E-state index is 11.0. The summed E-state index contributed by atoms with van der Waals surface area (Å²) in [5.74, 6) is 0.746. The van der Waals surface area contributed by atoms with Gasteiger partial charge in [0, 0.05) is 17.8 Å². The number of benzene rings is 1. The number of nitro groups is 1. The molecule has 19 heavy (non-hydrogen) atoms. The SMILES string of the molecule is Cc1nnc2ccc(-c3ccccc3[N+](=O)[O-])cn12. The smallest absolute Gasteiger partial charge is 0.277 e. The Morgan fingerprint density at radius 3 is 2.74 bits per heavy atom. The van der Waals surface area contributed by atoms with Crippen molar-refractivity contribution in [2.45, 2.75) is 6.92 Å². The van der Waals surface area contributed by atoms with Crippen molar-refractivity contribution >= 4 is 11.3 Å². The summed E-state index contributed by atoms with van der Waals surface area (Å²) in [6.07, 6.45) is 1.81. The van der Waals surface area contributed by atoms with Crippen LogP contribution in [-0.2, 0) is 0 Å². The molecule has 0 fully saturated rings. The molecule has 0 spiro atoms. The molecule has 0 amide bonds. The van der Waals surface area contributed by atoms with E-state index in [9.17, 15) is 10.1 Å². The molecule has 0 aliphatic heterocycles. The number of aryl methyl sites for hydroxylation is 1. The van der Waals surface area contributed by atoms with Crippen LogP contribution in [-0.4, -0.2) is 19.5 Å². The largest absolute Gasteiger partial charge is 0.286 e. The van der Waals surface area contributed by atoms with Gasteiger partial charge >= 0.3 is 0 Å². The van der Waals surface area contributed by atoms with Crippen molar-refractivity contribution in [1.29, 1.82) is 0 Å². The van der Waals surface area contributed by atoms with Crippen molar-refractivity contribution in [2.75, 3.05) is 0 Å². The fraction of sp³-hybridized carbons (Fsp3) is 0.0769. The predicted octanol–water partition coefficient (Wildman–Crippen LogP) is 2.61. The Balaban J connectivity index is 2.24. The Bertz CT molecular complexity index is 779. The first-order valence-corrected chi connectivity index (χ1v) is 5.72. The molecule has 6 nitrogen and oxygen atoms in total. The molecule has 94 valence electrons.